The predicted molar refractivity (Wildman–Crippen MR) is 74.4 cm³/mol. The largest absolute Gasteiger partial charge is 0.507 e. The zero-order valence-corrected chi connectivity index (χ0v) is 10.8. The first-order valence-electron chi connectivity index (χ1n) is 5.64. The van der Waals surface area contributed by atoms with Crippen LogP contribution in [0.25, 0.3) is 21.4 Å². The van der Waals surface area contributed by atoms with Gasteiger partial charge in [0.05, 0.1) is 0 Å². The molecule has 5 nitrogen and oxygen atoms in total. The molecule has 100 valence electrons. The second kappa shape index (κ2) is 4.50. The van der Waals surface area contributed by atoms with Gasteiger partial charge in [0.25, 0.3) is 0 Å². The van der Waals surface area contributed by atoms with E-state index in [2.05, 4.69) is 0 Å². The second-order valence-corrected chi connectivity index (χ2v) is 5.08. The third kappa shape index (κ3) is 1.96. The fourth-order valence-electron chi connectivity index (χ4n) is 1.93. The van der Waals surface area contributed by atoms with Gasteiger partial charge in [0, 0.05) is 21.9 Å². The molecule has 1 aromatic carbocycles. The summed E-state index contributed by atoms with van der Waals surface area (Å²) in [6, 6.07) is 7.85. The quantitative estimate of drug-likeness (QED) is 0.708. The summed E-state index contributed by atoms with van der Waals surface area (Å²) in [6.45, 7) is 0. The topological polar surface area (TPSA) is 87.7 Å². The molecule has 0 saturated carbocycles. The molecule has 0 aliphatic rings. The maximum absolute atomic E-state index is 11.5. The van der Waals surface area contributed by atoms with Crippen LogP contribution in [0, 0.1) is 0 Å². The number of hydrogen-bond donors (Lipinski definition) is 2. The van der Waals surface area contributed by atoms with Crippen molar-refractivity contribution in [2.75, 3.05) is 0 Å². The third-order valence-corrected chi connectivity index (χ3v) is 3.77. The Labute approximate surface area is 116 Å². The molecule has 2 N–H and O–H groups in total. The van der Waals surface area contributed by atoms with Crippen LogP contribution >= 0.6 is 11.3 Å². The van der Waals surface area contributed by atoms with Crippen molar-refractivity contribution >= 4 is 28.3 Å². The molecule has 6 heteroatoms. The van der Waals surface area contributed by atoms with Crippen molar-refractivity contribution in [3.05, 3.63) is 51.7 Å². The van der Waals surface area contributed by atoms with E-state index in [1.807, 2.05) is 17.5 Å². The minimum Gasteiger partial charge on any atom is -0.507 e. The minimum absolute atomic E-state index is 0.0221. The number of benzene rings is 1. The SMILES string of the molecule is O=C(O)c1cc2cc(-c3cccs3)c(O)cc2oc1=O. The molecule has 0 radical (unpaired) electrons. The smallest absolute Gasteiger partial charge is 0.351 e. The van der Waals surface area contributed by atoms with Gasteiger partial charge in [-0.15, -0.1) is 11.3 Å². The standard InChI is InChI=1S/C14H8O5S/c15-10-6-11-7(4-8(10)12-2-1-3-20-12)5-9(13(16)17)14(18)19-11/h1-6,15H,(H,16,17). The Kier molecular flexibility index (Phi) is 2.80. The van der Waals surface area contributed by atoms with Crippen molar-refractivity contribution in [2.45, 2.75) is 0 Å². The maximum Gasteiger partial charge on any atom is 0.351 e. The molecule has 3 rings (SSSR count). The van der Waals surface area contributed by atoms with E-state index >= 15 is 0 Å². The molecule has 0 saturated heterocycles. The van der Waals surface area contributed by atoms with Gasteiger partial charge >= 0.3 is 11.6 Å². The number of aromatic carboxylic acids is 1. The van der Waals surface area contributed by atoms with Gasteiger partial charge in [0.15, 0.2) is 0 Å². The maximum atomic E-state index is 11.5. The van der Waals surface area contributed by atoms with Crippen molar-refractivity contribution < 1.29 is 19.4 Å². The molecule has 0 amide bonds. The third-order valence-electron chi connectivity index (χ3n) is 2.87. The summed E-state index contributed by atoms with van der Waals surface area (Å²) in [4.78, 5) is 23.3. The number of aromatic hydroxyl groups is 1. The molecule has 0 bridgehead atoms. The molecule has 20 heavy (non-hydrogen) atoms. The molecule has 0 aliphatic heterocycles. The zero-order chi connectivity index (χ0) is 14.3. The molecule has 2 heterocycles. The Hall–Kier alpha value is -2.60. The molecule has 0 atom stereocenters. The normalized spacial score (nSPS) is 10.8. The van der Waals surface area contributed by atoms with E-state index in [1.165, 1.54) is 23.5 Å². The van der Waals surface area contributed by atoms with Gasteiger partial charge < -0.3 is 14.6 Å². The molecular weight excluding hydrogens is 280 g/mol. The van der Waals surface area contributed by atoms with E-state index in [1.54, 1.807) is 6.07 Å². The van der Waals surface area contributed by atoms with Crippen LogP contribution in [-0.2, 0) is 0 Å². The first-order chi connectivity index (χ1) is 9.56. The molecule has 2 aromatic heterocycles. The van der Waals surface area contributed by atoms with Gasteiger partial charge in [0.2, 0.25) is 0 Å². The monoisotopic (exact) mass is 288 g/mol. The Bertz CT molecular complexity index is 861. The van der Waals surface area contributed by atoms with E-state index in [4.69, 9.17) is 9.52 Å². The van der Waals surface area contributed by atoms with E-state index in [-0.39, 0.29) is 11.3 Å². The predicted octanol–water partition coefficient (Wildman–Crippen LogP) is 2.93. The highest BCUT2D eigenvalue weighted by molar-refractivity contribution is 7.13. The lowest BCUT2D eigenvalue weighted by atomic mass is 10.1. The van der Waals surface area contributed by atoms with Gasteiger partial charge in [-0.05, 0) is 23.6 Å². The lowest BCUT2D eigenvalue weighted by Crippen LogP contribution is -2.12. The summed E-state index contributed by atoms with van der Waals surface area (Å²) < 4.78 is 4.91. The van der Waals surface area contributed by atoms with Crippen LogP contribution in [0.5, 0.6) is 5.75 Å². The van der Waals surface area contributed by atoms with Gasteiger partial charge in [-0.2, -0.15) is 0 Å². The molecule has 0 spiro atoms. The summed E-state index contributed by atoms with van der Waals surface area (Å²) in [6.07, 6.45) is 0. The van der Waals surface area contributed by atoms with Gasteiger partial charge in [-0.3, -0.25) is 0 Å². The van der Waals surface area contributed by atoms with Crippen LogP contribution in [0.2, 0.25) is 0 Å². The summed E-state index contributed by atoms with van der Waals surface area (Å²) in [5, 5.41) is 21.2. The molecular formula is C14H8O5S. The van der Waals surface area contributed by atoms with Gasteiger partial charge in [0.1, 0.15) is 16.9 Å². The zero-order valence-electron chi connectivity index (χ0n) is 9.99. The number of thiophene rings is 1. The number of carboxylic acid groups (broad SMARTS) is 1. The summed E-state index contributed by atoms with van der Waals surface area (Å²) >= 11 is 1.44. The summed E-state index contributed by atoms with van der Waals surface area (Å²) in [5.41, 5.74) is -0.649. The molecule has 3 aromatic rings. The fraction of sp³-hybridized carbons (Fsp3) is 0. The number of rotatable bonds is 2. The Balaban J connectivity index is 2.31. The van der Waals surface area contributed by atoms with Crippen LogP contribution in [0.1, 0.15) is 10.4 Å². The molecule has 0 unspecified atom stereocenters. The highest BCUT2D eigenvalue weighted by Gasteiger charge is 2.14. The van der Waals surface area contributed by atoms with Crippen molar-refractivity contribution in [1.82, 2.24) is 0 Å². The first kappa shape index (κ1) is 12.4. The van der Waals surface area contributed by atoms with Crippen molar-refractivity contribution in [1.29, 1.82) is 0 Å². The van der Waals surface area contributed by atoms with Crippen LogP contribution in [0.3, 0.4) is 0 Å². The van der Waals surface area contributed by atoms with Crippen LogP contribution in [0.15, 0.2) is 44.9 Å². The minimum atomic E-state index is -1.34. The number of carbonyl (C=O) groups is 1. The van der Waals surface area contributed by atoms with Crippen molar-refractivity contribution in [3.63, 3.8) is 0 Å². The average Bonchev–Trinajstić information content (AvgIpc) is 2.90. The Morgan fingerprint density at radius 3 is 2.70 bits per heavy atom. The molecule has 0 fully saturated rings. The summed E-state index contributed by atoms with van der Waals surface area (Å²) in [5.74, 6) is -1.36. The van der Waals surface area contributed by atoms with E-state index in [9.17, 15) is 14.7 Å². The van der Waals surface area contributed by atoms with E-state index in [0.29, 0.717) is 10.9 Å². The van der Waals surface area contributed by atoms with Crippen molar-refractivity contribution in [2.24, 2.45) is 0 Å². The summed E-state index contributed by atoms with van der Waals surface area (Å²) in [7, 11) is 0. The van der Waals surface area contributed by atoms with Gasteiger partial charge in [-0.25, -0.2) is 9.59 Å². The number of carboxylic acids is 1. The number of fused-ring (bicyclic) bond motifs is 1. The number of hydrogen-bond acceptors (Lipinski definition) is 5. The highest BCUT2D eigenvalue weighted by Crippen LogP contribution is 2.35. The highest BCUT2D eigenvalue weighted by atomic mass is 32.1. The number of phenols is 1. The van der Waals surface area contributed by atoms with Crippen LogP contribution in [-0.4, -0.2) is 16.2 Å². The van der Waals surface area contributed by atoms with Crippen molar-refractivity contribution in [3.8, 4) is 16.2 Å². The van der Waals surface area contributed by atoms with E-state index < -0.39 is 17.2 Å². The van der Waals surface area contributed by atoms with E-state index in [0.717, 1.165) is 4.88 Å². The molecule has 0 aliphatic carbocycles. The lowest BCUT2D eigenvalue weighted by molar-refractivity contribution is 0.0692. The average molecular weight is 288 g/mol. The van der Waals surface area contributed by atoms with Crippen LogP contribution < -0.4 is 5.63 Å². The lowest BCUT2D eigenvalue weighted by Gasteiger charge is -2.05. The van der Waals surface area contributed by atoms with Crippen LogP contribution in [0.4, 0.5) is 0 Å². The Morgan fingerprint density at radius 2 is 2.05 bits per heavy atom. The first-order valence-corrected chi connectivity index (χ1v) is 6.52. The fourth-order valence-corrected chi connectivity index (χ4v) is 2.69. The number of phenolic OH excluding ortho intramolecular Hbond substituents is 1. The van der Waals surface area contributed by atoms with Gasteiger partial charge in [-0.1, -0.05) is 6.07 Å². The Morgan fingerprint density at radius 1 is 1.25 bits per heavy atom. The second-order valence-electron chi connectivity index (χ2n) is 4.14.